The molecule has 4 saturated heterocycles. The van der Waals surface area contributed by atoms with E-state index in [0.29, 0.717) is 35.3 Å². The molecule has 0 saturated carbocycles. The normalized spacial score (nSPS) is 22.9. The highest BCUT2D eigenvalue weighted by Gasteiger charge is 2.51. The Kier molecular flexibility index (Phi) is 21.7. The summed E-state index contributed by atoms with van der Waals surface area (Å²) in [7, 11) is 0. The molecule has 28 nitrogen and oxygen atoms in total. The van der Waals surface area contributed by atoms with E-state index in [1.165, 1.54) is 13.7 Å². The van der Waals surface area contributed by atoms with Crippen LogP contribution in [0.25, 0.3) is 33.1 Å². The Labute approximate surface area is 535 Å². The second-order valence-corrected chi connectivity index (χ2v) is 25.7. The molecule has 10 rings (SSSR count). The van der Waals surface area contributed by atoms with Gasteiger partial charge in [-0.25, -0.2) is 0 Å². The van der Waals surface area contributed by atoms with Crippen molar-refractivity contribution in [3.63, 3.8) is 0 Å². The SMILES string of the molecule is CCOC(=O)Cn1c(=O)c(=O)n(C[C@@H]2OC(C)(C)O[C@@H]2[C@H]2COC(C)(C)O2)c2cc(C)c(C)cc21.CCOC(=O)Cn1c(=O)c(=O)n(C[C@H](O)[C@H](O)[C@H](O)CO)c2cc(C)c(C)cc21.Cc1cc2[nH]c(=O)c(=O)n(C[C@@H]3OC(C)(C)O[C@@H]3[C@H]3COC(C)(C)O3)c2cc1C. The van der Waals surface area contributed by atoms with Gasteiger partial charge in [0.2, 0.25) is 0 Å². The molecule has 0 amide bonds. The number of H-pyrrole nitrogens is 1. The van der Waals surface area contributed by atoms with E-state index < -0.39 is 137 Å². The third-order valence-electron chi connectivity index (χ3n) is 16.8. The summed E-state index contributed by atoms with van der Waals surface area (Å²) in [5.74, 6) is -4.45. The summed E-state index contributed by atoms with van der Waals surface area (Å²) < 4.78 is 63.9. The number of carbonyl (C=O) groups is 2. The molecule has 4 aliphatic heterocycles. The van der Waals surface area contributed by atoms with Crippen LogP contribution in [0.1, 0.15) is 103 Å². The van der Waals surface area contributed by atoms with E-state index in [1.54, 1.807) is 53.7 Å². The number of rotatable bonds is 17. The Morgan fingerprint density at radius 3 is 1.24 bits per heavy atom. The van der Waals surface area contributed by atoms with Crippen LogP contribution in [0.15, 0.2) is 65.2 Å². The first-order valence-electron chi connectivity index (χ1n) is 30.9. The second-order valence-electron chi connectivity index (χ2n) is 25.7. The largest absolute Gasteiger partial charge is 0.465 e. The maximum absolute atomic E-state index is 13.3. The van der Waals surface area contributed by atoms with Crippen molar-refractivity contribution in [3.8, 4) is 0 Å². The smallest absolute Gasteiger partial charge is 0.326 e. The molecule has 0 aliphatic carbocycles. The average molecular weight is 1310 g/mol. The molecule has 93 heavy (non-hydrogen) atoms. The average Bonchev–Trinajstić information content (AvgIpc) is 1.33. The summed E-state index contributed by atoms with van der Waals surface area (Å²) in [4.78, 5) is 104. The fraction of sp³-hybridized carbons (Fsp3) is 0.600. The number of aliphatic hydroxyl groups is 4. The Hall–Kier alpha value is -7.06. The van der Waals surface area contributed by atoms with E-state index in [2.05, 4.69) is 4.98 Å². The lowest BCUT2D eigenvalue weighted by Crippen LogP contribution is -2.47. The zero-order valence-electron chi connectivity index (χ0n) is 55.6. The quantitative estimate of drug-likeness (QED) is 0.0646. The maximum Gasteiger partial charge on any atom is 0.326 e. The minimum atomic E-state index is -1.73. The van der Waals surface area contributed by atoms with E-state index in [9.17, 15) is 53.7 Å². The number of fused-ring (bicyclic) bond motifs is 3. The van der Waals surface area contributed by atoms with Crippen molar-refractivity contribution in [2.75, 3.05) is 33.0 Å². The van der Waals surface area contributed by atoms with E-state index in [-0.39, 0.29) is 50.0 Å². The second kappa shape index (κ2) is 28.1. The first-order chi connectivity index (χ1) is 43.4. The highest BCUT2D eigenvalue weighted by Crippen LogP contribution is 2.38. The predicted octanol–water partition coefficient (Wildman–Crippen LogP) is 2.41. The van der Waals surface area contributed by atoms with Crippen LogP contribution in [0.3, 0.4) is 0 Å². The number of carbonyl (C=O) groups excluding carboxylic acids is 2. The highest BCUT2D eigenvalue weighted by molar-refractivity contribution is 5.81. The van der Waals surface area contributed by atoms with Crippen LogP contribution < -0.4 is 33.4 Å². The number of aromatic amines is 1. The fourth-order valence-electron chi connectivity index (χ4n) is 11.8. The molecular weight excluding hydrogens is 1220 g/mol. The number of aliphatic hydroxyl groups excluding tert-OH is 4. The van der Waals surface area contributed by atoms with Crippen molar-refractivity contribution in [2.24, 2.45) is 0 Å². The fourth-order valence-corrected chi connectivity index (χ4v) is 11.8. The summed E-state index contributed by atoms with van der Waals surface area (Å²) in [6.07, 6.45) is -7.68. The monoisotopic (exact) mass is 1300 g/mol. The third kappa shape index (κ3) is 16.0. The summed E-state index contributed by atoms with van der Waals surface area (Å²) in [5, 5.41) is 38.5. The van der Waals surface area contributed by atoms with Gasteiger partial charge in [0.1, 0.15) is 68.0 Å². The maximum atomic E-state index is 13.3. The van der Waals surface area contributed by atoms with Crippen LogP contribution in [0.2, 0.25) is 0 Å². The van der Waals surface area contributed by atoms with Crippen LogP contribution in [0.4, 0.5) is 0 Å². The molecule has 0 unspecified atom stereocenters. The molecule has 510 valence electrons. The topological polar surface area (TPSA) is 350 Å². The Bertz CT molecular complexity index is 4170. The van der Waals surface area contributed by atoms with Gasteiger partial charge in [0.15, 0.2) is 23.1 Å². The molecular formula is C65H88N6O22. The summed E-state index contributed by atoms with van der Waals surface area (Å²) >= 11 is 0. The number of benzene rings is 3. The van der Waals surface area contributed by atoms with Crippen molar-refractivity contribution in [3.05, 3.63) is 132 Å². The summed E-state index contributed by atoms with van der Waals surface area (Å²) in [6.45, 7) is 28.5. The molecule has 28 heteroatoms. The van der Waals surface area contributed by atoms with Gasteiger partial charge in [0.25, 0.3) is 0 Å². The van der Waals surface area contributed by atoms with Gasteiger partial charge >= 0.3 is 45.3 Å². The van der Waals surface area contributed by atoms with Gasteiger partial charge in [-0.3, -0.25) is 61.2 Å². The molecule has 0 radical (unpaired) electrons. The van der Waals surface area contributed by atoms with E-state index in [4.69, 9.17) is 52.5 Å². The van der Waals surface area contributed by atoms with Gasteiger partial charge in [-0.15, -0.1) is 0 Å². The zero-order valence-corrected chi connectivity index (χ0v) is 55.6. The molecule has 3 aromatic carbocycles. The van der Waals surface area contributed by atoms with Gasteiger partial charge < -0.3 is 72.8 Å². The lowest BCUT2D eigenvalue weighted by atomic mass is 10.1. The molecule has 0 bridgehead atoms. The van der Waals surface area contributed by atoms with Crippen molar-refractivity contribution >= 4 is 45.0 Å². The Morgan fingerprint density at radius 2 is 0.849 bits per heavy atom. The molecule has 4 fully saturated rings. The Balaban J connectivity index is 0.000000180. The number of nitrogens with one attached hydrogen (secondary N) is 1. The summed E-state index contributed by atoms with van der Waals surface area (Å²) in [5.41, 5.74) is 3.59. The number of aryl methyl sites for hydroxylation is 6. The number of hydrogen-bond acceptors (Lipinski definition) is 22. The van der Waals surface area contributed by atoms with Crippen LogP contribution >= 0.6 is 0 Å². The van der Waals surface area contributed by atoms with Crippen molar-refractivity contribution < 1.29 is 77.4 Å². The highest BCUT2D eigenvalue weighted by atomic mass is 16.8. The van der Waals surface area contributed by atoms with Crippen LogP contribution in [0.5, 0.6) is 0 Å². The molecule has 4 aliphatic rings. The third-order valence-corrected chi connectivity index (χ3v) is 16.8. The lowest BCUT2D eigenvalue weighted by Gasteiger charge is -2.25. The van der Waals surface area contributed by atoms with Gasteiger partial charge in [0, 0.05) is 0 Å². The first kappa shape index (κ1) is 71.8. The van der Waals surface area contributed by atoms with Gasteiger partial charge in [-0.05, 0) is 181 Å². The molecule has 5 N–H and O–H groups in total. The first-order valence-corrected chi connectivity index (χ1v) is 30.9. The molecule has 9 atom stereocenters. The van der Waals surface area contributed by atoms with Crippen LogP contribution in [0, 0.1) is 41.5 Å². The molecule has 3 aromatic heterocycles. The molecule has 6 aromatic rings. The van der Waals surface area contributed by atoms with E-state index >= 15 is 0 Å². The standard InChI is InChI=1S/C25H34N2O8.C21H28N2O6.C19H26N2O8/c1-8-31-20(28)12-27-17-10-15(3)14(2)9-16(17)26(22(29)23(27)30)11-18-21(35-25(6,7)33-18)19-13-32-24(4,5)34-19;1-11-7-13-14(8-12(11)2)23(19(25)18(24)22-13)9-15-17(29-21(5,6)27-15)16-10-26-20(3,4)28-16;1-4-29-16(25)8-21-13-6-11(3)10(2)5-12(13)20(18(27)19(21)28)7-14(23)17(26)15(24)9-22/h9-10,18-19,21H,8,11-13H2,1-7H3;7-8,15-17H,9-10H2,1-6H3,(H,22,24);5-6,14-15,17,22-24,26H,4,7-9H2,1-3H3/t18-,19+,21-;15-,16+,17-;14-,15+,17-/m000/s1. The van der Waals surface area contributed by atoms with Crippen LogP contribution in [-0.2, 0) is 89.7 Å². The number of hydrogen-bond donors (Lipinski definition) is 5. The van der Waals surface area contributed by atoms with E-state index in [0.717, 1.165) is 42.5 Å². The van der Waals surface area contributed by atoms with Crippen molar-refractivity contribution in [1.29, 1.82) is 0 Å². The molecule has 7 heterocycles. The van der Waals surface area contributed by atoms with Gasteiger partial charge in [-0.1, -0.05) is 0 Å². The Morgan fingerprint density at radius 1 is 0.495 bits per heavy atom. The van der Waals surface area contributed by atoms with Crippen LogP contribution in [-0.4, -0.2) is 171 Å². The number of ether oxygens (including phenoxy) is 10. The predicted molar refractivity (Wildman–Crippen MR) is 338 cm³/mol. The lowest BCUT2D eigenvalue weighted by molar-refractivity contribution is -0.174. The zero-order chi connectivity index (χ0) is 68.7. The number of nitrogens with zero attached hydrogens (tertiary/aromatic N) is 5. The van der Waals surface area contributed by atoms with Gasteiger partial charge in [-0.2, -0.15) is 0 Å². The molecule has 0 spiro atoms. The summed E-state index contributed by atoms with van der Waals surface area (Å²) in [6, 6.07) is 10.7. The number of aromatic nitrogens is 6. The van der Waals surface area contributed by atoms with Crippen molar-refractivity contribution in [1.82, 2.24) is 27.8 Å². The van der Waals surface area contributed by atoms with E-state index in [1.807, 2.05) is 93.5 Å². The number of esters is 2. The minimum absolute atomic E-state index is 0.0711. The minimum Gasteiger partial charge on any atom is -0.465 e. The van der Waals surface area contributed by atoms with Crippen molar-refractivity contribution in [2.45, 2.75) is 222 Å². The van der Waals surface area contributed by atoms with Gasteiger partial charge in [0.05, 0.1) is 85.8 Å².